The summed E-state index contributed by atoms with van der Waals surface area (Å²) in [6.07, 6.45) is 1.64. The molecule has 2 N–H and O–H groups in total. The summed E-state index contributed by atoms with van der Waals surface area (Å²) in [5.74, 6) is -0.369. The standard InChI is InChI=1S/C17H18ClNO2/c1-2-6-14(12-7-4-3-5-8-12)17(21)19-15-11-13(18)9-10-16(15)20/h3-5,7-11,14,20H,2,6H2,1H3,(H,19,21). The number of benzene rings is 2. The van der Waals surface area contributed by atoms with E-state index in [0.29, 0.717) is 10.7 Å². The topological polar surface area (TPSA) is 49.3 Å². The number of carbonyl (C=O) groups excluding carboxylic acids is 1. The Hall–Kier alpha value is -2.00. The molecule has 2 aromatic carbocycles. The number of carbonyl (C=O) groups is 1. The van der Waals surface area contributed by atoms with Crippen LogP contribution in [0.1, 0.15) is 31.2 Å². The quantitative estimate of drug-likeness (QED) is 0.795. The average Bonchev–Trinajstić information content (AvgIpc) is 2.49. The second-order valence-corrected chi connectivity index (χ2v) is 5.34. The van der Waals surface area contributed by atoms with Crippen LogP contribution in [0.15, 0.2) is 48.5 Å². The zero-order valence-corrected chi connectivity index (χ0v) is 12.6. The summed E-state index contributed by atoms with van der Waals surface area (Å²) >= 11 is 5.90. The Morgan fingerprint density at radius 3 is 2.62 bits per heavy atom. The molecule has 0 fully saturated rings. The maximum Gasteiger partial charge on any atom is 0.232 e. The maximum absolute atomic E-state index is 12.5. The predicted octanol–water partition coefficient (Wildman–Crippen LogP) is 4.57. The molecule has 1 amide bonds. The molecule has 2 aromatic rings. The SMILES string of the molecule is CCCC(C(=O)Nc1cc(Cl)ccc1O)c1ccccc1. The number of halogens is 1. The Bertz CT molecular complexity index is 613. The number of anilines is 1. The zero-order valence-electron chi connectivity index (χ0n) is 11.8. The van der Waals surface area contributed by atoms with E-state index in [2.05, 4.69) is 5.32 Å². The fraction of sp³-hybridized carbons (Fsp3) is 0.235. The first-order valence-corrected chi connectivity index (χ1v) is 7.34. The smallest absolute Gasteiger partial charge is 0.232 e. The third-order valence-electron chi connectivity index (χ3n) is 3.31. The van der Waals surface area contributed by atoms with E-state index in [0.717, 1.165) is 18.4 Å². The molecule has 0 radical (unpaired) electrons. The van der Waals surface area contributed by atoms with Gasteiger partial charge in [-0.05, 0) is 30.2 Å². The molecule has 0 saturated heterocycles. The third-order valence-corrected chi connectivity index (χ3v) is 3.55. The molecule has 1 unspecified atom stereocenters. The minimum Gasteiger partial charge on any atom is -0.506 e. The molecule has 2 rings (SSSR count). The summed E-state index contributed by atoms with van der Waals surface area (Å²) in [6, 6.07) is 14.2. The van der Waals surface area contributed by atoms with Crippen LogP contribution in [0.25, 0.3) is 0 Å². The van der Waals surface area contributed by atoms with Gasteiger partial charge < -0.3 is 10.4 Å². The first-order chi connectivity index (χ1) is 10.1. The number of nitrogens with one attached hydrogen (secondary N) is 1. The Morgan fingerprint density at radius 2 is 1.95 bits per heavy atom. The highest BCUT2D eigenvalue weighted by Gasteiger charge is 2.20. The van der Waals surface area contributed by atoms with E-state index in [1.165, 1.54) is 6.07 Å². The lowest BCUT2D eigenvalue weighted by molar-refractivity contribution is -0.117. The first-order valence-electron chi connectivity index (χ1n) is 6.96. The largest absolute Gasteiger partial charge is 0.506 e. The van der Waals surface area contributed by atoms with Gasteiger partial charge in [0.25, 0.3) is 0 Å². The van der Waals surface area contributed by atoms with Gasteiger partial charge >= 0.3 is 0 Å². The number of hydrogen-bond acceptors (Lipinski definition) is 2. The monoisotopic (exact) mass is 303 g/mol. The third kappa shape index (κ3) is 3.99. The highest BCUT2D eigenvalue weighted by atomic mass is 35.5. The molecule has 0 spiro atoms. The van der Waals surface area contributed by atoms with Gasteiger partial charge in [-0.15, -0.1) is 0 Å². The molecule has 0 bridgehead atoms. The molecular weight excluding hydrogens is 286 g/mol. The number of rotatable bonds is 5. The maximum atomic E-state index is 12.5. The van der Waals surface area contributed by atoms with Gasteiger partial charge in [-0.2, -0.15) is 0 Å². The van der Waals surface area contributed by atoms with Crippen LogP contribution in [0, 0.1) is 0 Å². The van der Waals surface area contributed by atoms with Crippen molar-refractivity contribution in [2.24, 2.45) is 0 Å². The lowest BCUT2D eigenvalue weighted by atomic mass is 9.93. The van der Waals surface area contributed by atoms with E-state index in [1.807, 2.05) is 37.3 Å². The van der Waals surface area contributed by atoms with Gasteiger partial charge in [0.05, 0.1) is 11.6 Å². The minimum atomic E-state index is -0.241. The number of amides is 1. The van der Waals surface area contributed by atoms with Crippen LogP contribution in [-0.2, 0) is 4.79 Å². The molecule has 0 heterocycles. The van der Waals surface area contributed by atoms with Gasteiger partial charge in [0.1, 0.15) is 5.75 Å². The lowest BCUT2D eigenvalue weighted by Gasteiger charge is -2.17. The second kappa shape index (κ2) is 7.14. The van der Waals surface area contributed by atoms with Gasteiger partial charge in [-0.25, -0.2) is 0 Å². The highest BCUT2D eigenvalue weighted by molar-refractivity contribution is 6.31. The van der Waals surface area contributed by atoms with Crippen LogP contribution in [0.2, 0.25) is 5.02 Å². The minimum absolute atomic E-state index is 0.0102. The molecule has 0 saturated carbocycles. The molecule has 110 valence electrons. The van der Waals surface area contributed by atoms with Gasteiger partial charge in [0.15, 0.2) is 0 Å². The van der Waals surface area contributed by atoms with Crippen LogP contribution >= 0.6 is 11.6 Å². The Kier molecular flexibility index (Phi) is 5.23. The average molecular weight is 304 g/mol. The van der Waals surface area contributed by atoms with Crippen molar-refractivity contribution in [1.82, 2.24) is 0 Å². The van der Waals surface area contributed by atoms with Crippen LogP contribution in [0.3, 0.4) is 0 Å². The first kappa shape index (κ1) is 15.4. The van der Waals surface area contributed by atoms with Crippen LogP contribution in [0.5, 0.6) is 5.75 Å². The number of phenols is 1. The molecule has 0 aliphatic carbocycles. The molecule has 3 nitrogen and oxygen atoms in total. The summed E-state index contributed by atoms with van der Waals surface area (Å²) in [7, 11) is 0. The molecular formula is C17H18ClNO2. The molecule has 0 aliphatic rings. The summed E-state index contributed by atoms with van der Waals surface area (Å²) in [5, 5.41) is 13.0. The molecule has 4 heteroatoms. The van der Waals surface area contributed by atoms with E-state index in [4.69, 9.17) is 11.6 Å². The molecule has 21 heavy (non-hydrogen) atoms. The van der Waals surface area contributed by atoms with Gasteiger partial charge in [0.2, 0.25) is 5.91 Å². The van der Waals surface area contributed by atoms with E-state index in [9.17, 15) is 9.90 Å². The van der Waals surface area contributed by atoms with E-state index >= 15 is 0 Å². The normalized spacial score (nSPS) is 11.9. The number of phenolic OH excluding ortho intramolecular Hbond substituents is 1. The van der Waals surface area contributed by atoms with Gasteiger partial charge in [0, 0.05) is 5.02 Å². The summed E-state index contributed by atoms with van der Waals surface area (Å²) in [5.41, 5.74) is 1.31. The van der Waals surface area contributed by atoms with Crippen molar-refractivity contribution in [3.05, 3.63) is 59.1 Å². The zero-order chi connectivity index (χ0) is 15.2. The van der Waals surface area contributed by atoms with Crippen LogP contribution < -0.4 is 5.32 Å². The Morgan fingerprint density at radius 1 is 1.24 bits per heavy atom. The van der Waals surface area contributed by atoms with Crippen molar-refractivity contribution in [2.75, 3.05) is 5.32 Å². The fourth-order valence-electron chi connectivity index (χ4n) is 2.25. The van der Waals surface area contributed by atoms with Crippen molar-refractivity contribution in [3.8, 4) is 5.75 Å². The molecule has 0 aromatic heterocycles. The highest BCUT2D eigenvalue weighted by Crippen LogP contribution is 2.29. The van der Waals surface area contributed by atoms with E-state index in [-0.39, 0.29) is 17.6 Å². The van der Waals surface area contributed by atoms with E-state index in [1.54, 1.807) is 12.1 Å². The summed E-state index contributed by atoms with van der Waals surface area (Å²) < 4.78 is 0. The Labute approximate surface area is 129 Å². The fourth-order valence-corrected chi connectivity index (χ4v) is 2.42. The van der Waals surface area contributed by atoms with E-state index < -0.39 is 0 Å². The van der Waals surface area contributed by atoms with Gasteiger partial charge in [-0.1, -0.05) is 55.3 Å². The van der Waals surface area contributed by atoms with Crippen LogP contribution in [0.4, 0.5) is 5.69 Å². The lowest BCUT2D eigenvalue weighted by Crippen LogP contribution is -2.21. The second-order valence-electron chi connectivity index (χ2n) is 4.90. The van der Waals surface area contributed by atoms with Crippen molar-refractivity contribution in [3.63, 3.8) is 0 Å². The van der Waals surface area contributed by atoms with Crippen molar-refractivity contribution >= 4 is 23.2 Å². The van der Waals surface area contributed by atoms with Crippen molar-refractivity contribution in [1.29, 1.82) is 0 Å². The summed E-state index contributed by atoms with van der Waals surface area (Å²) in [4.78, 5) is 12.5. The van der Waals surface area contributed by atoms with Crippen LogP contribution in [-0.4, -0.2) is 11.0 Å². The Balaban J connectivity index is 2.21. The number of aromatic hydroxyl groups is 1. The van der Waals surface area contributed by atoms with Crippen molar-refractivity contribution in [2.45, 2.75) is 25.7 Å². The van der Waals surface area contributed by atoms with Gasteiger partial charge in [-0.3, -0.25) is 4.79 Å². The van der Waals surface area contributed by atoms with Crippen molar-refractivity contribution < 1.29 is 9.90 Å². The summed E-state index contributed by atoms with van der Waals surface area (Å²) in [6.45, 7) is 2.04. The molecule has 0 aliphatic heterocycles. The number of hydrogen-bond donors (Lipinski definition) is 2. The molecule has 1 atom stereocenters. The predicted molar refractivity (Wildman–Crippen MR) is 85.8 cm³/mol.